The van der Waals surface area contributed by atoms with E-state index in [9.17, 15) is 9.59 Å². The van der Waals surface area contributed by atoms with Crippen LogP contribution in [-0.4, -0.2) is 54.0 Å². The summed E-state index contributed by atoms with van der Waals surface area (Å²) in [5.74, 6) is 1.51. The molecule has 6 rings (SSSR count). The van der Waals surface area contributed by atoms with Crippen molar-refractivity contribution in [2.45, 2.75) is 57.5 Å². The van der Waals surface area contributed by atoms with Crippen LogP contribution < -0.4 is 10.4 Å². The Bertz CT molecular complexity index is 1220. The van der Waals surface area contributed by atoms with Gasteiger partial charge in [0.15, 0.2) is 6.61 Å². The van der Waals surface area contributed by atoms with Crippen molar-refractivity contribution in [2.75, 3.05) is 26.2 Å². The summed E-state index contributed by atoms with van der Waals surface area (Å²) in [5, 5.41) is 1.17. The minimum atomic E-state index is -0.416. The number of carbonyl (C=O) groups excluding carboxylic acids is 1. The molecule has 3 aliphatic heterocycles. The van der Waals surface area contributed by atoms with Crippen molar-refractivity contribution >= 4 is 28.5 Å². The zero-order valence-corrected chi connectivity index (χ0v) is 20.4. The highest BCUT2D eigenvalue weighted by atomic mass is 35.5. The van der Waals surface area contributed by atoms with E-state index in [1.807, 2.05) is 6.92 Å². The molecule has 4 heterocycles. The van der Waals surface area contributed by atoms with Gasteiger partial charge in [-0.15, -0.1) is 0 Å². The van der Waals surface area contributed by atoms with Crippen molar-refractivity contribution in [3.05, 3.63) is 50.9 Å². The summed E-state index contributed by atoms with van der Waals surface area (Å²) in [7, 11) is 0. The van der Waals surface area contributed by atoms with Crippen LogP contribution in [0.5, 0.6) is 5.75 Å². The third-order valence-corrected chi connectivity index (χ3v) is 8.63. The van der Waals surface area contributed by atoms with Crippen molar-refractivity contribution in [1.29, 1.82) is 0 Å². The predicted octanol–water partition coefficient (Wildman–Crippen LogP) is 4.56. The van der Waals surface area contributed by atoms with E-state index in [-0.39, 0.29) is 18.6 Å². The third kappa shape index (κ3) is 3.85. The number of rotatable bonds is 3. The molecule has 2 bridgehead atoms. The van der Waals surface area contributed by atoms with Crippen molar-refractivity contribution in [1.82, 2.24) is 9.80 Å². The molecule has 0 saturated carbocycles. The molecule has 1 aromatic carbocycles. The quantitative estimate of drug-likeness (QED) is 0.474. The molecule has 3 fully saturated rings. The van der Waals surface area contributed by atoms with Gasteiger partial charge in [0.1, 0.15) is 11.3 Å². The number of carbonyl (C=O) groups is 1. The number of piperidine rings is 3. The number of fused-ring (bicyclic) bond motifs is 7. The number of ether oxygens (including phenoxy) is 1. The van der Waals surface area contributed by atoms with Gasteiger partial charge < -0.3 is 14.1 Å². The Morgan fingerprint density at radius 3 is 2.97 bits per heavy atom. The van der Waals surface area contributed by atoms with Gasteiger partial charge in [-0.05, 0) is 69.0 Å². The van der Waals surface area contributed by atoms with Crippen LogP contribution in [0, 0.1) is 18.8 Å². The summed E-state index contributed by atoms with van der Waals surface area (Å²) in [6.07, 6.45) is 9.77. The van der Waals surface area contributed by atoms with Crippen molar-refractivity contribution in [3.8, 4) is 5.75 Å². The Hall–Kier alpha value is -2.31. The maximum atomic E-state index is 13.4. The van der Waals surface area contributed by atoms with E-state index in [4.69, 9.17) is 20.8 Å². The van der Waals surface area contributed by atoms with E-state index in [0.717, 1.165) is 36.9 Å². The second-order valence-electron chi connectivity index (χ2n) is 10.4. The molecule has 1 aliphatic carbocycles. The molecule has 0 unspecified atom stereocenters. The molecular formula is C27H31ClN2O4. The highest BCUT2D eigenvalue weighted by Crippen LogP contribution is 2.45. The lowest BCUT2D eigenvalue weighted by atomic mass is 9.68. The molecule has 3 saturated heterocycles. The van der Waals surface area contributed by atoms with Crippen LogP contribution in [-0.2, 0) is 4.79 Å². The van der Waals surface area contributed by atoms with Gasteiger partial charge in [0, 0.05) is 36.7 Å². The number of benzene rings is 1. The second-order valence-corrected chi connectivity index (χ2v) is 10.8. The number of hydrogen-bond acceptors (Lipinski definition) is 5. The van der Waals surface area contributed by atoms with Gasteiger partial charge in [0.05, 0.1) is 11.1 Å². The van der Waals surface area contributed by atoms with Crippen LogP contribution >= 0.6 is 11.6 Å². The average Bonchev–Trinajstić information content (AvgIpc) is 2.83. The molecule has 0 N–H and O–H groups in total. The summed E-state index contributed by atoms with van der Waals surface area (Å²) < 4.78 is 11.2. The van der Waals surface area contributed by atoms with Gasteiger partial charge in [-0.25, -0.2) is 4.79 Å². The number of hydrogen-bond donors (Lipinski definition) is 0. The van der Waals surface area contributed by atoms with Gasteiger partial charge >= 0.3 is 5.63 Å². The SMILES string of the molecule is Cc1cc(=O)oc2cc(OCC(=O)N3CCCC4=C[C@H]5C[C@H](CN6CCCC[C@@H]56)[C@H]43)c(Cl)cc12. The fourth-order valence-corrected chi connectivity index (χ4v) is 7.12. The van der Waals surface area contributed by atoms with Gasteiger partial charge in [-0.3, -0.25) is 9.69 Å². The molecule has 4 aliphatic rings. The Morgan fingerprint density at radius 2 is 2.09 bits per heavy atom. The molecule has 2 aromatic rings. The van der Waals surface area contributed by atoms with Crippen LogP contribution in [0.15, 0.2) is 39.1 Å². The van der Waals surface area contributed by atoms with Gasteiger partial charge in [-0.2, -0.15) is 0 Å². The fourth-order valence-electron chi connectivity index (χ4n) is 6.91. The van der Waals surface area contributed by atoms with Crippen LogP contribution in [0.25, 0.3) is 11.0 Å². The van der Waals surface area contributed by atoms with Crippen molar-refractivity contribution < 1.29 is 13.9 Å². The lowest BCUT2D eigenvalue weighted by Crippen LogP contribution is -2.60. The maximum Gasteiger partial charge on any atom is 0.336 e. The topological polar surface area (TPSA) is 63.0 Å². The summed E-state index contributed by atoms with van der Waals surface area (Å²) in [6, 6.07) is 5.68. The molecule has 1 amide bonds. The lowest BCUT2D eigenvalue weighted by molar-refractivity contribution is -0.138. The van der Waals surface area contributed by atoms with Gasteiger partial charge in [-0.1, -0.05) is 29.7 Å². The average molecular weight is 483 g/mol. The van der Waals surface area contributed by atoms with E-state index < -0.39 is 5.63 Å². The standard InChI is InChI=1S/C27H31ClN2O4/c1-16-9-26(32)34-23-13-24(21(28)12-20(16)23)33-15-25(31)30-8-4-5-17-10-18-11-19(27(17)30)14-29-7-3-2-6-22(18)29/h9-10,12-13,18-19,22,27H,2-8,11,14-15H2,1H3/t18-,19+,22-,27-/m0/s1. The lowest BCUT2D eigenvalue weighted by Gasteiger charge is -2.54. The molecule has 1 aromatic heterocycles. The monoisotopic (exact) mass is 482 g/mol. The van der Waals surface area contributed by atoms with Crippen molar-refractivity contribution in [3.63, 3.8) is 0 Å². The number of amides is 1. The number of nitrogens with zero attached hydrogens (tertiary/aromatic N) is 2. The number of aryl methyl sites for hydroxylation is 1. The first-order valence-electron chi connectivity index (χ1n) is 12.6. The Kier molecular flexibility index (Phi) is 5.69. The first-order valence-corrected chi connectivity index (χ1v) is 13.0. The summed E-state index contributed by atoms with van der Waals surface area (Å²) in [6.45, 7) is 4.83. The molecule has 0 radical (unpaired) electrons. The van der Waals surface area contributed by atoms with Crippen LogP contribution in [0.4, 0.5) is 0 Å². The zero-order chi connectivity index (χ0) is 23.4. The molecule has 34 heavy (non-hydrogen) atoms. The van der Waals surface area contributed by atoms with Crippen LogP contribution in [0.2, 0.25) is 5.02 Å². The van der Waals surface area contributed by atoms with E-state index in [0.29, 0.717) is 34.2 Å². The summed E-state index contributed by atoms with van der Waals surface area (Å²) in [5.41, 5.74) is 2.26. The van der Waals surface area contributed by atoms with Gasteiger partial charge in [0.2, 0.25) is 0 Å². The van der Waals surface area contributed by atoms with E-state index in [2.05, 4.69) is 15.9 Å². The smallest absolute Gasteiger partial charge is 0.336 e. The van der Waals surface area contributed by atoms with Gasteiger partial charge in [0.25, 0.3) is 5.91 Å². The summed E-state index contributed by atoms with van der Waals surface area (Å²) in [4.78, 5) is 29.9. The molecule has 180 valence electrons. The molecule has 0 spiro atoms. The van der Waals surface area contributed by atoms with E-state index in [1.54, 1.807) is 12.1 Å². The fraction of sp³-hybridized carbons (Fsp3) is 0.556. The Morgan fingerprint density at radius 1 is 1.21 bits per heavy atom. The molecule has 4 atom stereocenters. The largest absolute Gasteiger partial charge is 0.482 e. The molecular weight excluding hydrogens is 452 g/mol. The molecule has 6 nitrogen and oxygen atoms in total. The van der Waals surface area contributed by atoms with E-state index in [1.165, 1.54) is 43.9 Å². The van der Waals surface area contributed by atoms with Crippen LogP contribution in [0.1, 0.15) is 44.1 Å². The number of likely N-dealkylation sites (tertiary alicyclic amines) is 1. The maximum absolute atomic E-state index is 13.4. The third-order valence-electron chi connectivity index (χ3n) is 8.33. The first kappa shape index (κ1) is 22.2. The zero-order valence-electron chi connectivity index (χ0n) is 19.6. The Labute approximate surface area is 204 Å². The number of halogens is 1. The van der Waals surface area contributed by atoms with Crippen molar-refractivity contribution in [2.24, 2.45) is 11.8 Å². The minimum Gasteiger partial charge on any atom is -0.482 e. The Balaban J connectivity index is 1.21. The van der Waals surface area contributed by atoms with Crippen LogP contribution in [0.3, 0.4) is 0 Å². The summed E-state index contributed by atoms with van der Waals surface area (Å²) >= 11 is 6.44. The van der Waals surface area contributed by atoms with E-state index >= 15 is 0 Å². The first-order chi connectivity index (χ1) is 16.5. The second kappa shape index (κ2) is 8.72. The predicted molar refractivity (Wildman–Crippen MR) is 131 cm³/mol. The highest BCUT2D eigenvalue weighted by molar-refractivity contribution is 6.32. The normalized spacial score (nSPS) is 28.8. The molecule has 7 heteroatoms. The highest BCUT2D eigenvalue weighted by Gasteiger charge is 2.46. The minimum absolute atomic E-state index is 0.00308.